The fourth-order valence-electron chi connectivity index (χ4n) is 7.71. The summed E-state index contributed by atoms with van der Waals surface area (Å²) >= 11 is 0. The van der Waals surface area contributed by atoms with Crippen molar-refractivity contribution in [3.05, 3.63) is 12.2 Å². The van der Waals surface area contributed by atoms with Crippen LogP contribution in [-0.2, 0) is 28.5 Å². The first kappa shape index (κ1) is 55.5. The van der Waals surface area contributed by atoms with E-state index in [4.69, 9.17) is 18.9 Å². The molecule has 10 nitrogen and oxygen atoms in total. The van der Waals surface area contributed by atoms with Crippen molar-refractivity contribution < 1.29 is 49.0 Å². The second kappa shape index (κ2) is 40.5. The molecule has 0 amide bonds. The highest BCUT2D eigenvalue weighted by molar-refractivity contribution is 5.70. The summed E-state index contributed by atoms with van der Waals surface area (Å²) in [6.45, 7) is 3.43. The molecule has 10 heteroatoms. The van der Waals surface area contributed by atoms with E-state index in [0.717, 1.165) is 57.8 Å². The molecule has 0 bridgehead atoms. The maximum Gasteiger partial charge on any atom is 0.306 e. The molecule has 1 aliphatic heterocycles. The lowest BCUT2D eigenvalue weighted by Gasteiger charge is -2.39. The van der Waals surface area contributed by atoms with Gasteiger partial charge in [0, 0.05) is 12.8 Å². The van der Waals surface area contributed by atoms with E-state index in [0.29, 0.717) is 6.42 Å². The van der Waals surface area contributed by atoms with Gasteiger partial charge in [0.25, 0.3) is 0 Å². The molecule has 348 valence electrons. The third-order valence-electron chi connectivity index (χ3n) is 11.7. The van der Waals surface area contributed by atoms with Gasteiger partial charge in [0.05, 0.1) is 13.2 Å². The molecule has 0 aromatic carbocycles. The van der Waals surface area contributed by atoms with Crippen LogP contribution in [0.3, 0.4) is 0 Å². The quantitative estimate of drug-likeness (QED) is 0.0265. The molecule has 0 aromatic rings. The van der Waals surface area contributed by atoms with Crippen molar-refractivity contribution >= 4 is 11.9 Å². The van der Waals surface area contributed by atoms with E-state index in [-0.39, 0.29) is 32.0 Å². The second-order valence-electron chi connectivity index (χ2n) is 17.3. The standard InChI is InChI=1S/C49H92O10/c1-3-5-7-9-11-13-15-17-18-19-20-21-22-23-24-26-27-29-31-33-35-37-44(51)56-40-42(41-57-49-48(55)47(54)46(53)43(39-50)59-49)58-45(52)38-36-34-32-30-28-25-16-14-12-10-8-6-4-2/h14,16,42-43,46-50,53-55H,3-13,15,17-41H2,1-2H3/b16-14+/t42-,43-,46+,47?,48?,49-/m0/s1. The van der Waals surface area contributed by atoms with Crippen molar-refractivity contribution in [1.82, 2.24) is 0 Å². The van der Waals surface area contributed by atoms with Crippen LogP contribution in [0.1, 0.15) is 232 Å². The predicted octanol–water partition coefficient (Wildman–Crippen LogP) is 11.1. The first-order valence-electron chi connectivity index (χ1n) is 24.8. The van der Waals surface area contributed by atoms with E-state index in [1.807, 2.05) is 0 Å². The highest BCUT2D eigenvalue weighted by atomic mass is 16.7. The zero-order chi connectivity index (χ0) is 43.0. The summed E-state index contributed by atoms with van der Waals surface area (Å²) < 4.78 is 22.2. The minimum absolute atomic E-state index is 0.215. The Morgan fingerprint density at radius 1 is 0.508 bits per heavy atom. The van der Waals surface area contributed by atoms with Crippen LogP contribution >= 0.6 is 0 Å². The number of ether oxygens (including phenoxy) is 4. The van der Waals surface area contributed by atoms with Crippen molar-refractivity contribution in [2.75, 3.05) is 19.8 Å². The Morgan fingerprint density at radius 2 is 0.898 bits per heavy atom. The number of unbranched alkanes of at least 4 members (excludes halogenated alkanes) is 29. The third kappa shape index (κ3) is 31.9. The summed E-state index contributed by atoms with van der Waals surface area (Å²) in [5.41, 5.74) is 0. The number of carbonyl (C=O) groups is 2. The van der Waals surface area contributed by atoms with Gasteiger partial charge in [-0.1, -0.05) is 193 Å². The normalized spacial score (nSPS) is 20.0. The van der Waals surface area contributed by atoms with Gasteiger partial charge in [0.15, 0.2) is 12.4 Å². The van der Waals surface area contributed by atoms with E-state index in [1.165, 1.54) is 141 Å². The number of aliphatic hydroxyl groups is 4. The van der Waals surface area contributed by atoms with Crippen LogP contribution in [0.25, 0.3) is 0 Å². The zero-order valence-corrected chi connectivity index (χ0v) is 38.0. The zero-order valence-electron chi connectivity index (χ0n) is 38.0. The van der Waals surface area contributed by atoms with E-state index in [1.54, 1.807) is 0 Å². The molecule has 4 N–H and O–H groups in total. The molecule has 6 atom stereocenters. The highest BCUT2D eigenvalue weighted by Gasteiger charge is 2.44. The van der Waals surface area contributed by atoms with Crippen LogP contribution < -0.4 is 0 Å². The van der Waals surface area contributed by atoms with Gasteiger partial charge in [0.2, 0.25) is 0 Å². The van der Waals surface area contributed by atoms with E-state index in [9.17, 15) is 30.0 Å². The molecule has 0 aliphatic carbocycles. The van der Waals surface area contributed by atoms with Crippen molar-refractivity contribution in [2.24, 2.45) is 0 Å². The fraction of sp³-hybridized carbons (Fsp3) is 0.918. The first-order valence-corrected chi connectivity index (χ1v) is 24.8. The average molecular weight is 841 g/mol. The molecule has 1 fully saturated rings. The number of aliphatic hydroxyl groups excluding tert-OH is 4. The molecule has 1 saturated heterocycles. The molecular formula is C49H92O10. The molecule has 1 rings (SSSR count). The Morgan fingerprint density at radius 3 is 1.34 bits per heavy atom. The van der Waals surface area contributed by atoms with Crippen LogP contribution in [0.15, 0.2) is 12.2 Å². The Labute approximate surface area is 361 Å². The Kier molecular flexibility index (Phi) is 38.1. The van der Waals surface area contributed by atoms with E-state index < -0.39 is 49.4 Å². The summed E-state index contributed by atoms with van der Waals surface area (Å²) in [4.78, 5) is 25.4. The molecule has 0 spiro atoms. The van der Waals surface area contributed by atoms with Crippen molar-refractivity contribution in [1.29, 1.82) is 0 Å². The van der Waals surface area contributed by atoms with E-state index in [2.05, 4.69) is 26.0 Å². The molecular weight excluding hydrogens is 749 g/mol. The first-order chi connectivity index (χ1) is 28.8. The summed E-state index contributed by atoms with van der Waals surface area (Å²) in [7, 11) is 0. The van der Waals surface area contributed by atoms with Gasteiger partial charge in [-0.05, 0) is 38.5 Å². The lowest BCUT2D eigenvalue weighted by molar-refractivity contribution is -0.305. The van der Waals surface area contributed by atoms with Gasteiger partial charge in [0.1, 0.15) is 31.0 Å². The Bertz CT molecular complexity index is 974. The molecule has 0 radical (unpaired) electrons. The lowest BCUT2D eigenvalue weighted by atomic mass is 9.99. The molecule has 1 heterocycles. The number of carbonyl (C=O) groups excluding carboxylic acids is 2. The van der Waals surface area contributed by atoms with Gasteiger partial charge in [-0.15, -0.1) is 0 Å². The van der Waals surface area contributed by atoms with Gasteiger partial charge in [-0.2, -0.15) is 0 Å². The number of rotatable bonds is 42. The van der Waals surface area contributed by atoms with Gasteiger partial charge < -0.3 is 39.4 Å². The van der Waals surface area contributed by atoms with Crippen LogP contribution in [-0.4, -0.2) is 89.0 Å². The van der Waals surface area contributed by atoms with Crippen LogP contribution in [0.5, 0.6) is 0 Å². The largest absolute Gasteiger partial charge is 0.462 e. The number of hydrogen-bond acceptors (Lipinski definition) is 10. The minimum atomic E-state index is -1.59. The molecule has 1 aliphatic rings. The van der Waals surface area contributed by atoms with Crippen molar-refractivity contribution in [3.63, 3.8) is 0 Å². The number of esters is 2. The van der Waals surface area contributed by atoms with Crippen molar-refractivity contribution in [2.45, 2.75) is 269 Å². The van der Waals surface area contributed by atoms with Crippen LogP contribution in [0, 0.1) is 0 Å². The maximum atomic E-state index is 12.8. The Balaban J connectivity index is 2.24. The maximum absolute atomic E-state index is 12.8. The van der Waals surface area contributed by atoms with Gasteiger partial charge >= 0.3 is 11.9 Å². The summed E-state index contributed by atoms with van der Waals surface area (Å²) in [6.07, 6.45) is 36.5. The monoisotopic (exact) mass is 841 g/mol. The SMILES string of the molecule is CCCCCC/C=C/CCCCCCCC(=O)O[C@@H](COC(=O)CCCCCCCCCCCCCCCCCCCCCCC)CO[C@H]1O[C@@H](CO)[C@@H](O)C(O)C1O. The molecule has 0 saturated carbocycles. The Hall–Kier alpha value is -1.56. The molecule has 2 unspecified atom stereocenters. The fourth-order valence-corrected chi connectivity index (χ4v) is 7.71. The second-order valence-corrected chi connectivity index (χ2v) is 17.3. The third-order valence-corrected chi connectivity index (χ3v) is 11.7. The summed E-state index contributed by atoms with van der Waals surface area (Å²) in [5.74, 6) is -0.804. The predicted molar refractivity (Wildman–Crippen MR) is 238 cm³/mol. The van der Waals surface area contributed by atoms with Crippen molar-refractivity contribution in [3.8, 4) is 0 Å². The van der Waals surface area contributed by atoms with Gasteiger partial charge in [-0.3, -0.25) is 9.59 Å². The molecule has 0 aromatic heterocycles. The minimum Gasteiger partial charge on any atom is -0.462 e. The van der Waals surface area contributed by atoms with E-state index >= 15 is 0 Å². The number of allylic oxidation sites excluding steroid dienone is 2. The van der Waals surface area contributed by atoms with Crippen LogP contribution in [0.2, 0.25) is 0 Å². The molecule has 59 heavy (non-hydrogen) atoms. The highest BCUT2D eigenvalue weighted by Crippen LogP contribution is 2.23. The summed E-state index contributed by atoms with van der Waals surface area (Å²) in [6, 6.07) is 0. The summed E-state index contributed by atoms with van der Waals surface area (Å²) in [5, 5.41) is 40.1. The van der Waals surface area contributed by atoms with Crippen LogP contribution in [0.4, 0.5) is 0 Å². The topological polar surface area (TPSA) is 152 Å². The smallest absolute Gasteiger partial charge is 0.306 e. The van der Waals surface area contributed by atoms with Gasteiger partial charge in [-0.25, -0.2) is 0 Å². The lowest BCUT2D eigenvalue weighted by Crippen LogP contribution is -2.59. The average Bonchev–Trinajstić information content (AvgIpc) is 3.23. The number of hydrogen-bond donors (Lipinski definition) is 4.